The lowest BCUT2D eigenvalue weighted by Gasteiger charge is -2.44. The number of ether oxygens (including phenoxy) is 4. The van der Waals surface area contributed by atoms with Crippen molar-refractivity contribution in [3.8, 4) is 23.0 Å². The fourth-order valence-corrected chi connectivity index (χ4v) is 4.97. The van der Waals surface area contributed by atoms with Crippen LogP contribution in [0.4, 0.5) is 0 Å². The lowest BCUT2D eigenvalue weighted by Crippen LogP contribution is -2.63. The maximum Gasteiger partial charge on any atom is 0.243 e. The molecular formula is C21H21N3O8. The summed E-state index contributed by atoms with van der Waals surface area (Å²) in [6.07, 6.45) is 0. The van der Waals surface area contributed by atoms with Gasteiger partial charge >= 0.3 is 0 Å². The van der Waals surface area contributed by atoms with Crippen LogP contribution in [0.15, 0.2) is 36.4 Å². The number of nitrogens with zero attached hydrogens (tertiary/aromatic N) is 2. The average Bonchev–Trinajstić information content (AvgIpc) is 3.39. The second kappa shape index (κ2) is 7.23. The van der Waals surface area contributed by atoms with E-state index in [1.54, 1.807) is 50.2 Å². The van der Waals surface area contributed by atoms with Crippen LogP contribution >= 0.6 is 0 Å². The third-order valence-corrected chi connectivity index (χ3v) is 6.48. The molecule has 168 valence electrons. The summed E-state index contributed by atoms with van der Waals surface area (Å²) < 4.78 is 21.6. The van der Waals surface area contributed by atoms with Gasteiger partial charge in [0.05, 0.1) is 0 Å². The zero-order chi connectivity index (χ0) is 22.6. The molecule has 3 aliphatic rings. The maximum atomic E-state index is 12.2. The molecule has 0 saturated carbocycles. The summed E-state index contributed by atoms with van der Waals surface area (Å²) in [7, 11) is 0. The number of nitrogens with one attached hydrogen (secondary N) is 1. The van der Waals surface area contributed by atoms with Crippen LogP contribution in [0.2, 0.25) is 0 Å². The summed E-state index contributed by atoms with van der Waals surface area (Å²) >= 11 is 0. The Morgan fingerprint density at radius 3 is 1.59 bits per heavy atom. The van der Waals surface area contributed by atoms with Crippen molar-refractivity contribution in [3.63, 3.8) is 0 Å². The van der Waals surface area contributed by atoms with E-state index >= 15 is 0 Å². The molecule has 0 radical (unpaired) electrons. The Kier molecular flexibility index (Phi) is 4.59. The quantitative estimate of drug-likeness (QED) is 0.559. The van der Waals surface area contributed by atoms with E-state index in [0.29, 0.717) is 34.1 Å². The zero-order valence-corrected chi connectivity index (χ0v) is 17.3. The summed E-state index contributed by atoms with van der Waals surface area (Å²) in [5, 5.41) is 27.6. The third-order valence-electron chi connectivity index (χ3n) is 6.48. The predicted molar refractivity (Wildman–Crippen MR) is 109 cm³/mol. The number of nitro groups is 2. The summed E-state index contributed by atoms with van der Waals surface area (Å²) in [4.78, 5) is 23.5. The smallest absolute Gasteiger partial charge is 0.243 e. The van der Waals surface area contributed by atoms with Crippen LogP contribution in [-0.2, 0) is 0 Å². The Balaban J connectivity index is 1.62. The number of benzene rings is 2. The van der Waals surface area contributed by atoms with Crippen molar-refractivity contribution in [1.29, 1.82) is 0 Å². The van der Waals surface area contributed by atoms with Gasteiger partial charge in [-0.05, 0) is 49.2 Å². The van der Waals surface area contributed by atoms with Crippen LogP contribution < -0.4 is 24.3 Å². The van der Waals surface area contributed by atoms with E-state index in [1.165, 1.54) is 0 Å². The molecule has 0 amide bonds. The van der Waals surface area contributed by atoms with Crippen molar-refractivity contribution in [2.24, 2.45) is 5.41 Å². The fourth-order valence-electron chi connectivity index (χ4n) is 4.97. The Bertz CT molecular complexity index is 1020. The second-order valence-electron chi connectivity index (χ2n) is 8.63. The van der Waals surface area contributed by atoms with Gasteiger partial charge in [-0.3, -0.25) is 25.5 Å². The van der Waals surface area contributed by atoms with E-state index in [9.17, 15) is 20.2 Å². The summed E-state index contributed by atoms with van der Waals surface area (Å²) in [5.41, 5.74) is -0.103. The molecule has 11 nitrogen and oxygen atoms in total. The first-order chi connectivity index (χ1) is 15.3. The highest BCUT2D eigenvalue weighted by Gasteiger charge is 2.63. The first kappa shape index (κ1) is 20.3. The van der Waals surface area contributed by atoms with Crippen molar-refractivity contribution >= 4 is 0 Å². The summed E-state index contributed by atoms with van der Waals surface area (Å²) in [6.45, 7) is 3.30. The number of rotatable bonds is 4. The van der Waals surface area contributed by atoms with Gasteiger partial charge in [0, 0.05) is 9.85 Å². The molecular weight excluding hydrogens is 422 g/mol. The zero-order valence-electron chi connectivity index (χ0n) is 17.3. The number of hydrogen-bond donors (Lipinski definition) is 1. The first-order valence-electron chi connectivity index (χ1n) is 10.1. The number of fused-ring (bicyclic) bond motifs is 2. The average molecular weight is 443 g/mol. The molecule has 4 atom stereocenters. The van der Waals surface area contributed by atoms with Crippen molar-refractivity contribution in [1.82, 2.24) is 5.32 Å². The molecule has 0 spiro atoms. The van der Waals surface area contributed by atoms with Gasteiger partial charge < -0.3 is 18.9 Å². The monoisotopic (exact) mass is 443 g/mol. The van der Waals surface area contributed by atoms with Crippen molar-refractivity contribution in [2.45, 2.75) is 38.0 Å². The second-order valence-corrected chi connectivity index (χ2v) is 8.63. The minimum absolute atomic E-state index is 0.0737. The van der Waals surface area contributed by atoms with Gasteiger partial charge in [-0.2, -0.15) is 0 Å². The van der Waals surface area contributed by atoms with Gasteiger partial charge in [-0.25, -0.2) is 0 Å². The first-order valence-corrected chi connectivity index (χ1v) is 10.1. The third kappa shape index (κ3) is 3.08. The fraction of sp³-hybridized carbons (Fsp3) is 0.429. The van der Waals surface area contributed by atoms with Gasteiger partial charge in [-0.15, -0.1) is 0 Å². The largest absolute Gasteiger partial charge is 0.454 e. The van der Waals surface area contributed by atoms with E-state index in [1.807, 2.05) is 0 Å². The van der Waals surface area contributed by atoms with Gasteiger partial charge in [0.1, 0.15) is 17.5 Å². The highest BCUT2D eigenvalue weighted by molar-refractivity contribution is 5.47. The van der Waals surface area contributed by atoms with Gasteiger partial charge in [0.25, 0.3) is 0 Å². The molecule has 0 bridgehead atoms. The summed E-state index contributed by atoms with van der Waals surface area (Å²) in [5.74, 6) is 2.08. The molecule has 0 unspecified atom stereocenters. The topological polar surface area (TPSA) is 135 Å². The lowest BCUT2D eigenvalue weighted by molar-refractivity contribution is -0.605. The molecule has 2 aromatic rings. The normalized spacial score (nSPS) is 27.2. The minimum atomic E-state index is -1.29. The molecule has 3 heterocycles. The molecule has 1 fully saturated rings. The van der Waals surface area contributed by atoms with E-state index in [0.717, 1.165) is 0 Å². The lowest BCUT2D eigenvalue weighted by atomic mass is 9.66. The molecule has 11 heteroatoms. The van der Waals surface area contributed by atoms with E-state index in [4.69, 9.17) is 18.9 Å². The molecule has 5 rings (SSSR count). The Morgan fingerprint density at radius 2 is 1.19 bits per heavy atom. The highest BCUT2D eigenvalue weighted by atomic mass is 16.7. The Hall–Kier alpha value is -3.60. The standard InChI is InChI=1S/C21H21N3O8/c1-21(2)19(23(25)26)17(11-3-5-13-15(7-11)31-9-29-13)22-18(20(21)24(27)28)12-4-6-14-16(8-12)32-10-30-14/h3-8,17-20,22H,9-10H2,1-2H3/t17-,18+,19-,20-/m1/s1. The molecule has 32 heavy (non-hydrogen) atoms. The van der Waals surface area contributed by atoms with Crippen LogP contribution in [0.1, 0.15) is 37.1 Å². The molecule has 1 N–H and O–H groups in total. The van der Waals surface area contributed by atoms with Crippen LogP contribution in [0.25, 0.3) is 0 Å². The molecule has 1 saturated heterocycles. The van der Waals surface area contributed by atoms with Crippen molar-refractivity contribution < 1.29 is 28.8 Å². The van der Waals surface area contributed by atoms with E-state index < -0.39 is 39.4 Å². The van der Waals surface area contributed by atoms with Crippen LogP contribution in [0.5, 0.6) is 23.0 Å². The van der Waals surface area contributed by atoms with Crippen molar-refractivity contribution in [3.05, 3.63) is 67.8 Å². The van der Waals surface area contributed by atoms with Crippen molar-refractivity contribution in [2.75, 3.05) is 13.6 Å². The van der Waals surface area contributed by atoms with E-state index in [2.05, 4.69) is 5.32 Å². The minimum Gasteiger partial charge on any atom is -0.454 e. The Labute approximate surface area is 182 Å². The molecule has 0 aliphatic carbocycles. The molecule has 3 aliphatic heterocycles. The highest BCUT2D eigenvalue weighted by Crippen LogP contribution is 2.49. The number of hydrogen-bond acceptors (Lipinski definition) is 9. The Morgan fingerprint density at radius 1 is 0.781 bits per heavy atom. The number of piperidine rings is 1. The molecule has 2 aromatic carbocycles. The van der Waals surface area contributed by atoms with Crippen LogP contribution in [0.3, 0.4) is 0 Å². The maximum absolute atomic E-state index is 12.2. The van der Waals surface area contributed by atoms with Crippen LogP contribution in [-0.4, -0.2) is 35.5 Å². The molecule has 0 aromatic heterocycles. The van der Waals surface area contributed by atoms with Crippen LogP contribution in [0, 0.1) is 25.6 Å². The SMILES string of the molecule is CC1(C)[C@H]([N+](=O)[O-])[C@@H](c2ccc3c(c2)OCO3)N[C@@H](c2ccc3c(c2)OCO3)[C@H]1[N+](=O)[O-]. The predicted octanol–water partition coefficient (Wildman–Crippen LogP) is 2.85. The summed E-state index contributed by atoms with van der Waals surface area (Å²) in [6, 6.07) is 6.08. The van der Waals surface area contributed by atoms with E-state index in [-0.39, 0.29) is 13.6 Å². The van der Waals surface area contributed by atoms with Gasteiger partial charge in [-0.1, -0.05) is 12.1 Å². The van der Waals surface area contributed by atoms with Gasteiger partial charge in [0.2, 0.25) is 25.7 Å². The van der Waals surface area contributed by atoms with Gasteiger partial charge in [0.15, 0.2) is 23.0 Å².